The van der Waals surface area contributed by atoms with Gasteiger partial charge < -0.3 is 15.5 Å². The molecule has 2 N–H and O–H groups in total. The lowest BCUT2D eigenvalue weighted by atomic mass is 10.1. The average molecular weight is 273 g/mol. The number of carbonyl (C=O) groups excluding carboxylic acids is 1. The minimum absolute atomic E-state index is 0.0163. The predicted molar refractivity (Wildman–Crippen MR) is 80.8 cm³/mol. The van der Waals surface area contributed by atoms with Crippen LogP contribution in [0.5, 0.6) is 0 Å². The van der Waals surface area contributed by atoms with Crippen LogP contribution in [0.1, 0.15) is 24.8 Å². The number of hydrogen-bond acceptors (Lipinski definition) is 3. The molecule has 3 rings (SSSR count). The van der Waals surface area contributed by atoms with Crippen LogP contribution in [0.3, 0.4) is 0 Å². The van der Waals surface area contributed by atoms with Gasteiger partial charge in [0, 0.05) is 31.2 Å². The summed E-state index contributed by atoms with van der Waals surface area (Å²) in [4.78, 5) is 16.1. The third-order valence-corrected chi connectivity index (χ3v) is 4.32. The molecule has 0 saturated carbocycles. The van der Waals surface area contributed by atoms with E-state index in [0.29, 0.717) is 13.0 Å². The van der Waals surface area contributed by atoms with Crippen LogP contribution in [0.4, 0.5) is 5.69 Å². The number of hydrogen-bond donors (Lipinski definition) is 1. The molecule has 2 saturated heterocycles. The number of nitrogens with zero attached hydrogens (tertiary/aromatic N) is 2. The molecule has 1 amide bonds. The second kappa shape index (κ2) is 5.94. The number of nitrogens with two attached hydrogens (primary N) is 1. The summed E-state index contributed by atoms with van der Waals surface area (Å²) in [5, 5.41) is 0. The molecule has 108 valence electrons. The fourth-order valence-corrected chi connectivity index (χ4v) is 3.12. The summed E-state index contributed by atoms with van der Waals surface area (Å²) in [5.74, 6) is 0.141. The van der Waals surface area contributed by atoms with E-state index < -0.39 is 0 Å². The quantitative estimate of drug-likeness (QED) is 0.902. The molecular weight excluding hydrogens is 250 g/mol. The normalized spacial score (nSPS) is 23.8. The zero-order valence-electron chi connectivity index (χ0n) is 11.9. The van der Waals surface area contributed by atoms with Crippen molar-refractivity contribution >= 4 is 11.6 Å². The SMILES string of the molecule is NC1CC(=O)N(c2ccc(CCN3CCCC3)cc2)C1. The van der Waals surface area contributed by atoms with Gasteiger partial charge >= 0.3 is 0 Å². The van der Waals surface area contributed by atoms with Crippen LogP contribution in [-0.4, -0.2) is 43.0 Å². The minimum atomic E-state index is -0.0163. The first-order valence-electron chi connectivity index (χ1n) is 7.59. The van der Waals surface area contributed by atoms with Crippen molar-refractivity contribution in [2.24, 2.45) is 5.73 Å². The van der Waals surface area contributed by atoms with Crippen LogP contribution in [0.15, 0.2) is 24.3 Å². The highest BCUT2D eigenvalue weighted by atomic mass is 16.2. The van der Waals surface area contributed by atoms with Crippen molar-refractivity contribution in [2.75, 3.05) is 31.1 Å². The lowest BCUT2D eigenvalue weighted by molar-refractivity contribution is -0.117. The van der Waals surface area contributed by atoms with E-state index in [9.17, 15) is 4.79 Å². The molecule has 4 nitrogen and oxygen atoms in total. The number of benzene rings is 1. The van der Waals surface area contributed by atoms with E-state index in [0.717, 1.165) is 18.7 Å². The van der Waals surface area contributed by atoms with E-state index in [-0.39, 0.29) is 11.9 Å². The summed E-state index contributed by atoms with van der Waals surface area (Å²) in [6, 6.07) is 8.37. The molecule has 1 unspecified atom stereocenters. The van der Waals surface area contributed by atoms with Crippen LogP contribution in [0.25, 0.3) is 0 Å². The lowest BCUT2D eigenvalue weighted by Gasteiger charge is -2.17. The fraction of sp³-hybridized carbons (Fsp3) is 0.562. The maximum atomic E-state index is 11.8. The molecule has 1 atom stereocenters. The van der Waals surface area contributed by atoms with Gasteiger partial charge in [0.25, 0.3) is 0 Å². The van der Waals surface area contributed by atoms with E-state index >= 15 is 0 Å². The van der Waals surface area contributed by atoms with Crippen molar-refractivity contribution in [1.29, 1.82) is 0 Å². The molecule has 4 heteroatoms. The Morgan fingerprint density at radius 2 is 1.85 bits per heavy atom. The van der Waals surface area contributed by atoms with Crippen LogP contribution in [0, 0.1) is 0 Å². The van der Waals surface area contributed by atoms with Crippen molar-refractivity contribution in [3.63, 3.8) is 0 Å². The Hall–Kier alpha value is -1.39. The molecular formula is C16H23N3O. The Morgan fingerprint density at radius 1 is 1.15 bits per heavy atom. The van der Waals surface area contributed by atoms with E-state index in [1.807, 2.05) is 0 Å². The molecule has 2 heterocycles. The molecule has 0 aliphatic carbocycles. The van der Waals surface area contributed by atoms with Gasteiger partial charge in [-0.2, -0.15) is 0 Å². The summed E-state index contributed by atoms with van der Waals surface area (Å²) in [5.41, 5.74) is 8.16. The second-order valence-corrected chi connectivity index (χ2v) is 5.93. The van der Waals surface area contributed by atoms with Crippen LogP contribution < -0.4 is 10.6 Å². The molecule has 2 aliphatic heterocycles. The van der Waals surface area contributed by atoms with Crippen molar-refractivity contribution in [3.05, 3.63) is 29.8 Å². The summed E-state index contributed by atoms with van der Waals surface area (Å²) >= 11 is 0. The highest BCUT2D eigenvalue weighted by Gasteiger charge is 2.27. The Kier molecular flexibility index (Phi) is 4.03. The molecule has 0 radical (unpaired) electrons. The first kappa shape index (κ1) is 13.6. The van der Waals surface area contributed by atoms with E-state index in [4.69, 9.17) is 5.73 Å². The number of rotatable bonds is 4. The highest BCUT2D eigenvalue weighted by Crippen LogP contribution is 2.21. The van der Waals surface area contributed by atoms with E-state index in [1.165, 1.54) is 31.5 Å². The Bertz CT molecular complexity index is 465. The summed E-state index contributed by atoms with van der Waals surface area (Å²) in [7, 11) is 0. The molecule has 1 aromatic rings. The van der Waals surface area contributed by atoms with Gasteiger partial charge in [0.2, 0.25) is 5.91 Å². The van der Waals surface area contributed by atoms with E-state index in [2.05, 4.69) is 29.2 Å². The minimum Gasteiger partial charge on any atom is -0.326 e. The smallest absolute Gasteiger partial charge is 0.228 e. The van der Waals surface area contributed by atoms with Gasteiger partial charge in [0.05, 0.1) is 0 Å². The standard InChI is InChI=1S/C16H23N3O/c17-14-11-16(20)19(12-14)15-5-3-13(4-6-15)7-10-18-8-1-2-9-18/h3-6,14H,1-2,7-12,17H2. The first-order valence-corrected chi connectivity index (χ1v) is 7.59. The zero-order valence-corrected chi connectivity index (χ0v) is 11.9. The third-order valence-electron chi connectivity index (χ3n) is 4.32. The van der Waals surface area contributed by atoms with Gasteiger partial charge in [-0.05, 0) is 50.0 Å². The maximum Gasteiger partial charge on any atom is 0.228 e. The average Bonchev–Trinajstić information content (AvgIpc) is 3.07. The fourth-order valence-electron chi connectivity index (χ4n) is 3.12. The van der Waals surface area contributed by atoms with Gasteiger partial charge in [0.15, 0.2) is 0 Å². The number of anilines is 1. The van der Waals surface area contributed by atoms with Gasteiger partial charge in [-0.3, -0.25) is 4.79 Å². The van der Waals surface area contributed by atoms with Crippen LogP contribution in [-0.2, 0) is 11.2 Å². The third kappa shape index (κ3) is 3.02. The topological polar surface area (TPSA) is 49.6 Å². The predicted octanol–water partition coefficient (Wildman–Crippen LogP) is 1.39. The second-order valence-electron chi connectivity index (χ2n) is 5.93. The van der Waals surface area contributed by atoms with Gasteiger partial charge in [-0.15, -0.1) is 0 Å². The summed E-state index contributed by atoms with van der Waals surface area (Å²) in [6.07, 6.45) is 4.25. The molecule has 2 aliphatic rings. The van der Waals surface area contributed by atoms with Crippen LogP contribution >= 0.6 is 0 Å². The van der Waals surface area contributed by atoms with E-state index in [1.54, 1.807) is 4.90 Å². The van der Waals surface area contributed by atoms with Gasteiger partial charge in [0.1, 0.15) is 0 Å². The number of likely N-dealkylation sites (tertiary alicyclic amines) is 1. The molecule has 20 heavy (non-hydrogen) atoms. The molecule has 0 bridgehead atoms. The molecule has 2 fully saturated rings. The Balaban J connectivity index is 1.58. The Labute approximate surface area is 120 Å². The first-order chi connectivity index (χ1) is 9.72. The molecule has 0 spiro atoms. The lowest BCUT2D eigenvalue weighted by Crippen LogP contribution is -2.27. The largest absolute Gasteiger partial charge is 0.326 e. The highest BCUT2D eigenvalue weighted by molar-refractivity contribution is 5.96. The van der Waals surface area contributed by atoms with Gasteiger partial charge in [-0.1, -0.05) is 12.1 Å². The van der Waals surface area contributed by atoms with Gasteiger partial charge in [-0.25, -0.2) is 0 Å². The maximum absolute atomic E-state index is 11.8. The molecule has 0 aromatic heterocycles. The zero-order chi connectivity index (χ0) is 13.9. The van der Waals surface area contributed by atoms with Crippen LogP contribution in [0.2, 0.25) is 0 Å². The monoisotopic (exact) mass is 273 g/mol. The van der Waals surface area contributed by atoms with Crippen molar-refractivity contribution in [3.8, 4) is 0 Å². The number of carbonyl (C=O) groups is 1. The van der Waals surface area contributed by atoms with Crippen molar-refractivity contribution in [1.82, 2.24) is 4.90 Å². The summed E-state index contributed by atoms with van der Waals surface area (Å²) < 4.78 is 0. The summed E-state index contributed by atoms with van der Waals surface area (Å²) in [6.45, 7) is 4.29. The van der Waals surface area contributed by atoms with Crippen molar-refractivity contribution < 1.29 is 4.79 Å². The van der Waals surface area contributed by atoms with Crippen molar-refractivity contribution in [2.45, 2.75) is 31.7 Å². The number of amides is 1. The molecule has 1 aromatic carbocycles. The Morgan fingerprint density at radius 3 is 2.45 bits per heavy atom.